The standard InChI is InChI=1S/C16H22BrN3/c1-4-10-20-15(8-9-19-20)16(18-5-2)14-7-6-13(17)11-12(14)3/h6-9,11,16,18H,4-5,10H2,1-3H3. The molecule has 2 aromatic rings. The lowest BCUT2D eigenvalue weighted by Gasteiger charge is -2.22. The number of benzene rings is 1. The molecule has 0 saturated carbocycles. The lowest BCUT2D eigenvalue weighted by atomic mass is 9.98. The smallest absolute Gasteiger partial charge is 0.0750 e. The Morgan fingerprint density at radius 1 is 1.30 bits per heavy atom. The van der Waals surface area contributed by atoms with E-state index in [1.165, 1.54) is 16.8 Å². The highest BCUT2D eigenvalue weighted by Gasteiger charge is 2.19. The minimum Gasteiger partial charge on any atom is -0.305 e. The first-order valence-corrected chi connectivity index (χ1v) is 7.97. The third-order valence-electron chi connectivity index (χ3n) is 3.43. The zero-order valence-corrected chi connectivity index (χ0v) is 13.9. The van der Waals surface area contributed by atoms with Crippen LogP contribution in [0.15, 0.2) is 34.9 Å². The highest BCUT2D eigenvalue weighted by atomic mass is 79.9. The van der Waals surface area contributed by atoms with Crippen molar-refractivity contribution in [3.8, 4) is 0 Å². The number of aryl methyl sites for hydroxylation is 2. The van der Waals surface area contributed by atoms with Crippen molar-refractivity contribution in [2.75, 3.05) is 6.54 Å². The van der Waals surface area contributed by atoms with E-state index in [2.05, 4.69) is 76.1 Å². The lowest BCUT2D eigenvalue weighted by molar-refractivity contribution is 0.519. The maximum atomic E-state index is 4.45. The molecule has 3 nitrogen and oxygen atoms in total. The van der Waals surface area contributed by atoms with Gasteiger partial charge in [-0.2, -0.15) is 5.10 Å². The topological polar surface area (TPSA) is 29.9 Å². The molecule has 0 aliphatic rings. The van der Waals surface area contributed by atoms with Gasteiger partial charge in [0.05, 0.1) is 11.7 Å². The number of aromatic nitrogens is 2. The fourth-order valence-corrected chi connectivity index (χ4v) is 3.00. The summed E-state index contributed by atoms with van der Waals surface area (Å²) in [6.45, 7) is 8.36. The average molecular weight is 336 g/mol. The van der Waals surface area contributed by atoms with Gasteiger partial charge in [0.2, 0.25) is 0 Å². The van der Waals surface area contributed by atoms with Gasteiger partial charge >= 0.3 is 0 Å². The zero-order chi connectivity index (χ0) is 14.5. The van der Waals surface area contributed by atoms with Crippen molar-refractivity contribution in [1.82, 2.24) is 15.1 Å². The van der Waals surface area contributed by atoms with E-state index >= 15 is 0 Å². The van der Waals surface area contributed by atoms with Gasteiger partial charge in [0.25, 0.3) is 0 Å². The summed E-state index contributed by atoms with van der Waals surface area (Å²) in [5, 5.41) is 8.03. The Hall–Kier alpha value is -1.13. The molecule has 20 heavy (non-hydrogen) atoms. The van der Waals surface area contributed by atoms with Crippen LogP contribution < -0.4 is 5.32 Å². The van der Waals surface area contributed by atoms with Crippen molar-refractivity contribution < 1.29 is 0 Å². The summed E-state index contributed by atoms with van der Waals surface area (Å²) in [7, 11) is 0. The highest BCUT2D eigenvalue weighted by Crippen LogP contribution is 2.27. The largest absolute Gasteiger partial charge is 0.305 e. The second-order valence-electron chi connectivity index (χ2n) is 4.97. The van der Waals surface area contributed by atoms with E-state index < -0.39 is 0 Å². The SMILES string of the molecule is CCCn1nccc1C(NCC)c1ccc(Br)cc1C. The Morgan fingerprint density at radius 3 is 2.75 bits per heavy atom. The molecule has 0 aliphatic heterocycles. The third kappa shape index (κ3) is 3.30. The van der Waals surface area contributed by atoms with Crippen LogP contribution in [0.2, 0.25) is 0 Å². The molecule has 1 aromatic carbocycles. The molecule has 0 amide bonds. The van der Waals surface area contributed by atoms with Crippen LogP contribution >= 0.6 is 15.9 Å². The zero-order valence-electron chi connectivity index (χ0n) is 12.4. The van der Waals surface area contributed by atoms with Gasteiger partial charge in [-0.05, 0) is 49.2 Å². The van der Waals surface area contributed by atoms with Gasteiger partial charge in [0.15, 0.2) is 0 Å². The average Bonchev–Trinajstić information content (AvgIpc) is 2.85. The third-order valence-corrected chi connectivity index (χ3v) is 3.92. The maximum Gasteiger partial charge on any atom is 0.0750 e. The molecule has 108 valence electrons. The van der Waals surface area contributed by atoms with Crippen LogP contribution in [0.25, 0.3) is 0 Å². The van der Waals surface area contributed by atoms with Gasteiger partial charge in [-0.15, -0.1) is 0 Å². The molecular weight excluding hydrogens is 314 g/mol. The highest BCUT2D eigenvalue weighted by molar-refractivity contribution is 9.10. The quantitative estimate of drug-likeness (QED) is 0.862. The molecule has 1 aromatic heterocycles. The lowest BCUT2D eigenvalue weighted by Crippen LogP contribution is -2.25. The maximum absolute atomic E-state index is 4.45. The van der Waals surface area contributed by atoms with Crippen molar-refractivity contribution in [1.29, 1.82) is 0 Å². The van der Waals surface area contributed by atoms with Crippen molar-refractivity contribution in [2.45, 2.75) is 39.8 Å². The summed E-state index contributed by atoms with van der Waals surface area (Å²) in [6, 6.07) is 8.77. The van der Waals surface area contributed by atoms with Crippen molar-refractivity contribution in [3.63, 3.8) is 0 Å². The minimum atomic E-state index is 0.196. The Bertz CT molecular complexity index is 563. The van der Waals surface area contributed by atoms with E-state index in [0.717, 1.165) is 24.0 Å². The van der Waals surface area contributed by atoms with Crippen LogP contribution in [0.3, 0.4) is 0 Å². The predicted octanol–water partition coefficient (Wildman–Crippen LogP) is 4.06. The summed E-state index contributed by atoms with van der Waals surface area (Å²) in [5.41, 5.74) is 3.83. The number of nitrogens with one attached hydrogen (secondary N) is 1. The van der Waals surface area contributed by atoms with E-state index in [0.29, 0.717) is 0 Å². The van der Waals surface area contributed by atoms with Crippen LogP contribution in [0.5, 0.6) is 0 Å². The molecule has 0 aliphatic carbocycles. The monoisotopic (exact) mass is 335 g/mol. The summed E-state index contributed by atoms with van der Waals surface area (Å²) in [6.07, 6.45) is 2.98. The first kappa shape index (κ1) is 15.3. The van der Waals surface area contributed by atoms with Crippen molar-refractivity contribution in [3.05, 3.63) is 51.8 Å². The van der Waals surface area contributed by atoms with E-state index in [-0.39, 0.29) is 6.04 Å². The summed E-state index contributed by atoms with van der Waals surface area (Å²) < 4.78 is 3.23. The molecule has 4 heteroatoms. The molecule has 0 spiro atoms. The second kappa shape index (κ2) is 7.04. The summed E-state index contributed by atoms with van der Waals surface area (Å²) in [4.78, 5) is 0. The van der Waals surface area contributed by atoms with Gasteiger partial charge in [0, 0.05) is 17.2 Å². The van der Waals surface area contributed by atoms with Crippen LogP contribution in [0.4, 0.5) is 0 Å². The van der Waals surface area contributed by atoms with Crippen LogP contribution in [-0.4, -0.2) is 16.3 Å². The molecule has 0 saturated heterocycles. The summed E-state index contributed by atoms with van der Waals surface area (Å²) >= 11 is 3.53. The fraction of sp³-hybridized carbons (Fsp3) is 0.438. The molecule has 0 radical (unpaired) electrons. The minimum absolute atomic E-state index is 0.196. The number of rotatable bonds is 6. The van der Waals surface area contributed by atoms with Crippen LogP contribution in [0.1, 0.15) is 43.1 Å². The van der Waals surface area contributed by atoms with E-state index in [9.17, 15) is 0 Å². The molecular formula is C16H22BrN3. The molecule has 0 fully saturated rings. The second-order valence-corrected chi connectivity index (χ2v) is 5.89. The Morgan fingerprint density at radius 2 is 2.10 bits per heavy atom. The molecule has 2 rings (SSSR count). The Balaban J connectivity index is 2.42. The van der Waals surface area contributed by atoms with Gasteiger partial charge in [-0.3, -0.25) is 4.68 Å². The van der Waals surface area contributed by atoms with Crippen LogP contribution in [-0.2, 0) is 6.54 Å². The normalized spacial score (nSPS) is 12.6. The number of nitrogens with zero attached hydrogens (tertiary/aromatic N) is 2. The summed E-state index contributed by atoms with van der Waals surface area (Å²) in [5.74, 6) is 0. The molecule has 0 bridgehead atoms. The van der Waals surface area contributed by atoms with E-state index in [4.69, 9.17) is 0 Å². The Labute approximate surface area is 129 Å². The van der Waals surface area contributed by atoms with Gasteiger partial charge < -0.3 is 5.32 Å². The number of halogens is 1. The first-order chi connectivity index (χ1) is 9.67. The van der Waals surface area contributed by atoms with Crippen molar-refractivity contribution >= 4 is 15.9 Å². The van der Waals surface area contributed by atoms with Gasteiger partial charge in [0.1, 0.15) is 0 Å². The van der Waals surface area contributed by atoms with E-state index in [1.807, 2.05) is 6.20 Å². The fourth-order valence-electron chi connectivity index (χ4n) is 2.53. The molecule has 1 N–H and O–H groups in total. The predicted molar refractivity (Wildman–Crippen MR) is 86.9 cm³/mol. The number of hydrogen-bond acceptors (Lipinski definition) is 2. The van der Waals surface area contributed by atoms with Gasteiger partial charge in [-0.1, -0.05) is 35.8 Å². The molecule has 1 heterocycles. The van der Waals surface area contributed by atoms with Crippen molar-refractivity contribution in [2.24, 2.45) is 0 Å². The molecule has 1 atom stereocenters. The number of hydrogen-bond donors (Lipinski definition) is 1. The van der Waals surface area contributed by atoms with Gasteiger partial charge in [-0.25, -0.2) is 0 Å². The Kier molecular flexibility index (Phi) is 5.38. The first-order valence-electron chi connectivity index (χ1n) is 7.18. The van der Waals surface area contributed by atoms with E-state index in [1.54, 1.807) is 0 Å². The molecule has 1 unspecified atom stereocenters. The van der Waals surface area contributed by atoms with Crippen LogP contribution in [0, 0.1) is 6.92 Å².